The second kappa shape index (κ2) is 7.02. The molecule has 5 rings (SSSR count). The quantitative estimate of drug-likeness (QED) is 0.581. The molecule has 7 nitrogen and oxygen atoms in total. The molecule has 0 amide bonds. The van der Waals surface area contributed by atoms with Gasteiger partial charge in [-0.1, -0.05) is 35.0 Å². The molecule has 3 heterocycles. The number of benzene rings is 1. The van der Waals surface area contributed by atoms with Gasteiger partial charge in [0.2, 0.25) is 5.89 Å². The zero-order chi connectivity index (χ0) is 20.1. The number of rotatable bonds is 6. The third-order valence-corrected chi connectivity index (χ3v) is 6.98. The van der Waals surface area contributed by atoms with E-state index < -0.39 is 0 Å². The monoisotopic (exact) mass is 410 g/mol. The predicted octanol–water partition coefficient (Wildman–Crippen LogP) is 2.56. The van der Waals surface area contributed by atoms with Gasteiger partial charge in [-0.05, 0) is 31.2 Å². The van der Waals surface area contributed by atoms with Crippen molar-refractivity contribution in [3.8, 4) is 0 Å². The van der Waals surface area contributed by atoms with Gasteiger partial charge in [-0.15, -0.1) is 11.8 Å². The van der Waals surface area contributed by atoms with Crippen molar-refractivity contribution in [1.29, 1.82) is 0 Å². The van der Waals surface area contributed by atoms with Crippen molar-refractivity contribution >= 4 is 11.8 Å². The van der Waals surface area contributed by atoms with E-state index in [-0.39, 0.29) is 23.7 Å². The Morgan fingerprint density at radius 2 is 1.97 bits per heavy atom. The molecule has 1 aromatic carbocycles. The summed E-state index contributed by atoms with van der Waals surface area (Å²) in [7, 11) is 1.71. The van der Waals surface area contributed by atoms with Crippen LogP contribution in [0.2, 0.25) is 0 Å². The first-order valence-electron chi connectivity index (χ1n) is 9.84. The van der Waals surface area contributed by atoms with Crippen molar-refractivity contribution in [3.05, 3.63) is 79.7 Å². The zero-order valence-electron chi connectivity index (χ0n) is 16.4. The molecule has 0 N–H and O–H groups in total. The van der Waals surface area contributed by atoms with Crippen LogP contribution in [0.1, 0.15) is 52.5 Å². The van der Waals surface area contributed by atoms with Crippen molar-refractivity contribution in [3.63, 3.8) is 0 Å². The highest BCUT2D eigenvalue weighted by Crippen LogP contribution is 2.56. The summed E-state index contributed by atoms with van der Waals surface area (Å²) >= 11 is 1.89. The van der Waals surface area contributed by atoms with Crippen LogP contribution in [-0.4, -0.2) is 24.5 Å². The lowest BCUT2D eigenvalue weighted by Crippen LogP contribution is -2.40. The van der Waals surface area contributed by atoms with E-state index in [4.69, 9.17) is 4.52 Å². The van der Waals surface area contributed by atoms with E-state index in [1.54, 1.807) is 17.7 Å². The van der Waals surface area contributed by atoms with Gasteiger partial charge >= 0.3 is 5.69 Å². The van der Waals surface area contributed by atoms with Gasteiger partial charge in [0, 0.05) is 35.7 Å². The molecule has 2 aromatic heterocycles. The maximum Gasteiger partial charge on any atom is 0.331 e. The van der Waals surface area contributed by atoms with Crippen molar-refractivity contribution in [2.45, 2.75) is 49.1 Å². The summed E-state index contributed by atoms with van der Waals surface area (Å²) in [5, 5.41) is 4.94. The Morgan fingerprint density at radius 3 is 2.69 bits per heavy atom. The third kappa shape index (κ3) is 3.69. The standard InChI is InChI=1S/C21H22N4O3S/c1-12-3-5-14(6-4-12)20-16(29-20)10-17-22-18(28-23-17)11-25-19(26)9-15(13-7-8-13)24(2)21(25)27/h3-6,9,13,16,20H,7-8,10-11H2,1-2H3. The second-order valence-electron chi connectivity index (χ2n) is 7.92. The third-order valence-electron chi connectivity index (χ3n) is 5.61. The summed E-state index contributed by atoms with van der Waals surface area (Å²) < 4.78 is 8.03. The smallest absolute Gasteiger partial charge is 0.331 e. The summed E-state index contributed by atoms with van der Waals surface area (Å²) in [6.45, 7) is 2.09. The minimum Gasteiger partial charge on any atom is -0.337 e. The van der Waals surface area contributed by atoms with E-state index in [0.717, 1.165) is 23.1 Å². The molecule has 2 fully saturated rings. The number of aryl methyl sites for hydroxylation is 1. The van der Waals surface area contributed by atoms with Crippen molar-refractivity contribution in [2.75, 3.05) is 0 Å². The summed E-state index contributed by atoms with van der Waals surface area (Å²) in [6, 6.07) is 10.2. The number of aromatic nitrogens is 4. The highest BCUT2D eigenvalue weighted by atomic mass is 32.2. The normalized spacial score (nSPS) is 20.8. The largest absolute Gasteiger partial charge is 0.337 e. The minimum absolute atomic E-state index is 0.00263. The summed E-state index contributed by atoms with van der Waals surface area (Å²) in [6.07, 6.45) is 2.78. The summed E-state index contributed by atoms with van der Waals surface area (Å²) in [4.78, 5) is 29.4. The zero-order valence-corrected chi connectivity index (χ0v) is 17.2. The fraction of sp³-hybridized carbons (Fsp3) is 0.429. The fourth-order valence-corrected chi connectivity index (χ4v) is 4.80. The minimum atomic E-state index is -0.337. The Morgan fingerprint density at radius 1 is 1.21 bits per heavy atom. The van der Waals surface area contributed by atoms with Crippen LogP contribution in [0.15, 0.2) is 44.4 Å². The molecule has 1 saturated carbocycles. The molecule has 8 heteroatoms. The van der Waals surface area contributed by atoms with Crippen LogP contribution in [0.25, 0.3) is 0 Å². The SMILES string of the molecule is Cc1ccc(C2SC2Cc2noc(Cn3c(=O)cc(C4CC4)n(C)c3=O)n2)cc1. The van der Waals surface area contributed by atoms with Crippen LogP contribution in [0.5, 0.6) is 0 Å². The predicted molar refractivity (Wildman–Crippen MR) is 110 cm³/mol. The fourth-order valence-electron chi connectivity index (χ4n) is 3.70. The molecule has 1 saturated heterocycles. The van der Waals surface area contributed by atoms with Gasteiger partial charge in [0.25, 0.3) is 5.56 Å². The Kier molecular flexibility index (Phi) is 4.46. The molecular weight excluding hydrogens is 388 g/mol. The molecule has 3 aromatic rings. The molecule has 0 radical (unpaired) electrons. The van der Waals surface area contributed by atoms with E-state index in [2.05, 4.69) is 41.3 Å². The van der Waals surface area contributed by atoms with Gasteiger partial charge in [-0.2, -0.15) is 4.98 Å². The highest BCUT2D eigenvalue weighted by molar-refractivity contribution is 8.07. The Labute approximate surface area is 171 Å². The van der Waals surface area contributed by atoms with Crippen LogP contribution < -0.4 is 11.2 Å². The van der Waals surface area contributed by atoms with Gasteiger partial charge in [-0.25, -0.2) is 4.79 Å². The Balaban J connectivity index is 1.28. The van der Waals surface area contributed by atoms with Crippen LogP contribution in [0, 0.1) is 6.92 Å². The highest BCUT2D eigenvalue weighted by Gasteiger charge is 2.40. The van der Waals surface area contributed by atoms with Gasteiger partial charge in [0.1, 0.15) is 6.54 Å². The van der Waals surface area contributed by atoms with Crippen LogP contribution >= 0.6 is 11.8 Å². The topological polar surface area (TPSA) is 82.9 Å². The molecule has 1 aliphatic carbocycles. The van der Waals surface area contributed by atoms with Crippen molar-refractivity contribution < 1.29 is 4.52 Å². The van der Waals surface area contributed by atoms with Gasteiger partial charge in [-0.3, -0.25) is 9.36 Å². The maximum absolute atomic E-state index is 12.6. The first-order chi connectivity index (χ1) is 14.0. The Hall–Kier alpha value is -2.61. The molecule has 2 atom stereocenters. The maximum atomic E-state index is 12.6. The van der Waals surface area contributed by atoms with E-state index in [1.165, 1.54) is 11.1 Å². The summed E-state index contributed by atoms with van der Waals surface area (Å²) in [5.41, 5.74) is 2.74. The van der Waals surface area contributed by atoms with Gasteiger partial charge in [0.05, 0.1) is 0 Å². The average Bonchev–Trinajstić information content (AvgIpc) is 3.62. The Bertz CT molecular complexity index is 1170. The lowest BCUT2D eigenvalue weighted by atomic mass is 10.1. The molecule has 2 aliphatic rings. The van der Waals surface area contributed by atoms with Gasteiger partial charge in [0.15, 0.2) is 5.82 Å². The van der Waals surface area contributed by atoms with E-state index in [0.29, 0.717) is 28.7 Å². The molecule has 1 aliphatic heterocycles. The van der Waals surface area contributed by atoms with E-state index >= 15 is 0 Å². The first kappa shape index (κ1) is 18.4. The van der Waals surface area contributed by atoms with Crippen LogP contribution in [-0.2, 0) is 20.0 Å². The van der Waals surface area contributed by atoms with Crippen molar-refractivity contribution in [2.24, 2.45) is 7.05 Å². The average molecular weight is 410 g/mol. The first-order valence-corrected chi connectivity index (χ1v) is 10.8. The van der Waals surface area contributed by atoms with E-state index in [1.807, 2.05) is 11.8 Å². The number of nitrogens with zero attached hydrogens (tertiary/aromatic N) is 4. The molecular formula is C21H22N4O3S. The molecule has 0 spiro atoms. The van der Waals surface area contributed by atoms with Gasteiger partial charge < -0.3 is 9.09 Å². The lowest BCUT2D eigenvalue weighted by Gasteiger charge is -2.09. The van der Waals surface area contributed by atoms with Crippen molar-refractivity contribution in [1.82, 2.24) is 19.3 Å². The number of hydrogen-bond acceptors (Lipinski definition) is 6. The van der Waals surface area contributed by atoms with Crippen LogP contribution in [0.3, 0.4) is 0 Å². The van der Waals surface area contributed by atoms with E-state index in [9.17, 15) is 9.59 Å². The summed E-state index contributed by atoms with van der Waals surface area (Å²) in [5.74, 6) is 1.24. The second-order valence-corrected chi connectivity index (χ2v) is 9.31. The lowest BCUT2D eigenvalue weighted by molar-refractivity contribution is 0.361. The number of thioether (sulfide) groups is 1. The molecule has 2 unspecified atom stereocenters. The molecule has 150 valence electrons. The molecule has 0 bridgehead atoms. The molecule has 29 heavy (non-hydrogen) atoms. The van der Waals surface area contributed by atoms with Crippen LogP contribution in [0.4, 0.5) is 0 Å². The number of hydrogen-bond donors (Lipinski definition) is 0.